The van der Waals surface area contributed by atoms with Gasteiger partial charge in [0.2, 0.25) is 0 Å². The third-order valence-electron chi connectivity index (χ3n) is 4.93. The number of ether oxygens (including phenoxy) is 2. The number of hydrogen-bond acceptors (Lipinski definition) is 7. The van der Waals surface area contributed by atoms with Crippen LogP contribution in [-0.2, 0) is 13.1 Å². The SMILES string of the molecule is COc1cccc(OC2CCN(c3ncnc4c3CN(C#N)C4)CC2)c1. The summed E-state index contributed by atoms with van der Waals surface area (Å²) in [6.07, 6.45) is 5.85. The van der Waals surface area contributed by atoms with Crippen LogP contribution in [0.2, 0.25) is 0 Å². The number of nitriles is 1. The summed E-state index contributed by atoms with van der Waals surface area (Å²) in [6.45, 7) is 2.94. The second-order valence-corrected chi connectivity index (χ2v) is 6.56. The predicted molar refractivity (Wildman–Crippen MR) is 95.7 cm³/mol. The Bertz CT molecular complexity index is 827. The molecule has 0 aliphatic carbocycles. The Morgan fingerprint density at radius 3 is 2.73 bits per heavy atom. The summed E-state index contributed by atoms with van der Waals surface area (Å²) in [7, 11) is 1.66. The lowest BCUT2D eigenvalue weighted by Crippen LogP contribution is -2.39. The van der Waals surface area contributed by atoms with Gasteiger partial charge >= 0.3 is 0 Å². The molecule has 1 aromatic carbocycles. The van der Waals surface area contributed by atoms with Crippen LogP contribution < -0.4 is 14.4 Å². The van der Waals surface area contributed by atoms with Gasteiger partial charge in [-0.3, -0.25) is 0 Å². The zero-order chi connectivity index (χ0) is 17.9. The number of rotatable bonds is 4. The summed E-state index contributed by atoms with van der Waals surface area (Å²) in [5, 5.41) is 9.14. The highest BCUT2D eigenvalue weighted by molar-refractivity contribution is 5.50. The number of benzene rings is 1. The van der Waals surface area contributed by atoms with Crippen molar-refractivity contribution in [1.82, 2.24) is 14.9 Å². The molecule has 1 fully saturated rings. The van der Waals surface area contributed by atoms with Crippen molar-refractivity contribution in [3.8, 4) is 17.7 Å². The molecule has 1 aromatic heterocycles. The van der Waals surface area contributed by atoms with Crippen LogP contribution in [0, 0.1) is 11.5 Å². The fraction of sp³-hybridized carbons (Fsp3) is 0.421. The van der Waals surface area contributed by atoms with Crippen molar-refractivity contribution in [2.45, 2.75) is 32.0 Å². The van der Waals surface area contributed by atoms with Gasteiger partial charge in [-0.2, -0.15) is 5.26 Å². The van der Waals surface area contributed by atoms with Crippen LogP contribution in [0.4, 0.5) is 5.82 Å². The third kappa shape index (κ3) is 3.23. The van der Waals surface area contributed by atoms with Gasteiger partial charge in [0, 0.05) is 37.6 Å². The number of anilines is 1. The number of piperidine rings is 1. The van der Waals surface area contributed by atoms with Gasteiger partial charge in [0.25, 0.3) is 0 Å². The van der Waals surface area contributed by atoms with Crippen molar-refractivity contribution < 1.29 is 9.47 Å². The number of fused-ring (bicyclic) bond motifs is 1. The fourth-order valence-electron chi connectivity index (χ4n) is 3.56. The number of methoxy groups -OCH3 is 1. The Kier molecular flexibility index (Phi) is 4.48. The molecule has 26 heavy (non-hydrogen) atoms. The fourth-order valence-corrected chi connectivity index (χ4v) is 3.56. The molecule has 0 amide bonds. The molecule has 0 saturated carbocycles. The van der Waals surface area contributed by atoms with Crippen LogP contribution in [0.25, 0.3) is 0 Å². The van der Waals surface area contributed by atoms with Crippen molar-refractivity contribution in [2.75, 3.05) is 25.1 Å². The molecule has 0 spiro atoms. The van der Waals surface area contributed by atoms with E-state index in [2.05, 4.69) is 21.1 Å². The van der Waals surface area contributed by atoms with E-state index in [1.165, 1.54) is 0 Å². The quantitative estimate of drug-likeness (QED) is 0.783. The van der Waals surface area contributed by atoms with Crippen molar-refractivity contribution in [3.63, 3.8) is 0 Å². The van der Waals surface area contributed by atoms with E-state index in [1.807, 2.05) is 24.3 Å². The first kappa shape index (κ1) is 16.5. The summed E-state index contributed by atoms with van der Waals surface area (Å²) in [4.78, 5) is 12.8. The maximum Gasteiger partial charge on any atom is 0.180 e. The zero-order valence-electron chi connectivity index (χ0n) is 14.8. The molecule has 7 heteroatoms. The molecule has 2 aliphatic heterocycles. The number of aromatic nitrogens is 2. The van der Waals surface area contributed by atoms with Crippen molar-refractivity contribution in [1.29, 1.82) is 5.26 Å². The van der Waals surface area contributed by atoms with Gasteiger partial charge in [-0.15, -0.1) is 0 Å². The molecule has 7 nitrogen and oxygen atoms in total. The monoisotopic (exact) mass is 351 g/mol. The van der Waals surface area contributed by atoms with Crippen LogP contribution in [0.5, 0.6) is 11.5 Å². The van der Waals surface area contributed by atoms with Gasteiger partial charge in [-0.05, 0) is 12.1 Å². The Balaban J connectivity index is 1.40. The van der Waals surface area contributed by atoms with Gasteiger partial charge in [-0.25, -0.2) is 9.97 Å². The Morgan fingerprint density at radius 1 is 1.15 bits per heavy atom. The van der Waals surface area contributed by atoms with Crippen LogP contribution in [0.3, 0.4) is 0 Å². The first-order valence-electron chi connectivity index (χ1n) is 8.80. The van der Waals surface area contributed by atoms with Crippen molar-refractivity contribution >= 4 is 5.82 Å². The first-order valence-corrected chi connectivity index (χ1v) is 8.80. The normalized spacial score (nSPS) is 16.9. The Morgan fingerprint density at radius 2 is 1.96 bits per heavy atom. The lowest BCUT2D eigenvalue weighted by atomic mass is 10.1. The predicted octanol–water partition coefficient (Wildman–Crippen LogP) is 2.33. The molecule has 0 unspecified atom stereocenters. The summed E-state index contributed by atoms with van der Waals surface area (Å²) in [6, 6.07) is 7.73. The standard InChI is InChI=1S/C19H21N5O2/c1-25-15-3-2-4-16(9-15)26-14-5-7-24(8-6-14)19-17-10-23(12-20)11-18(17)21-13-22-19/h2-4,9,13-14H,5-8,10-11H2,1H3. The average molecular weight is 351 g/mol. The van der Waals surface area contributed by atoms with E-state index >= 15 is 0 Å². The molecule has 2 aromatic rings. The lowest BCUT2D eigenvalue weighted by Gasteiger charge is -2.33. The molecular formula is C19H21N5O2. The van der Waals surface area contributed by atoms with Crippen molar-refractivity contribution in [2.24, 2.45) is 0 Å². The average Bonchev–Trinajstić information content (AvgIpc) is 3.12. The summed E-state index contributed by atoms with van der Waals surface area (Å²) < 4.78 is 11.4. The smallest absolute Gasteiger partial charge is 0.180 e. The zero-order valence-corrected chi connectivity index (χ0v) is 14.8. The second-order valence-electron chi connectivity index (χ2n) is 6.56. The largest absolute Gasteiger partial charge is 0.497 e. The van der Waals surface area contributed by atoms with Gasteiger partial charge in [0.05, 0.1) is 25.9 Å². The maximum atomic E-state index is 9.14. The van der Waals surface area contributed by atoms with E-state index in [9.17, 15) is 0 Å². The van der Waals surface area contributed by atoms with E-state index in [-0.39, 0.29) is 6.10 Å². The van der Waals surface area contributed by atoms with Crippen LogP contribution >= 0.6 is 0 Å². The minimum absolute atomic E-state index is 0.184. The third-order valence-corrected chi connectivity index (χ3v) is 4.93. The van der Waals surface area contributed by atoms with E-state index in [1.54, 1.807) is 18.3 Å². The first-order chi connectivity index (χ1) is 12.8. The minimum atomic E-state index is 0.184. The highest BCUT2D eigenvalue weighted by Gasteiger charge is 2.28. The molecule has 0 radical (unpaired) electrons. The molecule has 0 bridgehead atoms. The molecule has 3 heterocycles. The van der Waals surface area contributed by atoms with Crippen molar-refractivity contribution in [3.05, 3.63) is 41.9 Å². The van der Waals surface area contributed by atoms with Crippen LogP contribution in [-0.4, -0.2) is 41.2 Å². The highest BCUT2D eigenvalue weighted by Crippen LogP contribution is 2.30. The summed E-state index contributed by atoms with van der Waals surface area (Å²) in [5.41, 5.74) is 2.05. The van der Waals surface area contributed by atoms with Gasteiger partial charge in [-0.1, -0.05) is 6.07 Å². The molecular weight excluding hydrogens is 330 g/mol. The van der Waals surface area contributed by atoms with E-state index in [4.69, 9.17) is 14.7 Å². The molecule has 1 saturated heterocycles. The van der Waals surface area contributed by atoms with E-state index in [0.717, 1.165) is 54.5 Å². The van der Waals surface area contributed by atoms with E-state index in [0.29, 0.717) is 13.1 Å². The van der Waals surface area contributed by atoms with E-state index < -0.39 is 0 Å². The lowest BCUT2D eigenvalue weighted by molar-refractivity contribution is 0.170. The molecule has 134 valence electrons. The van der Waals surface area contributed by atoms with Gasteiger partial charge in [0.1, 0.15) is 29.7 Å². The molecule has 2 aliphatic rings. The summed E-state index contributed by atoms with van der Waals surface area (Å²) >= 11 is 0. The second kappa shape index (κ2) is 7.08. The van der Waals surface area contributed by atoms with Gasteiger partial charge in [0.15, 0.2) is 6.19 Å². The molecule has 0 N–H and O–H groups in total. The Labute approximate surface area is 152 Å². The number of nitrogens with zero attached hydrogens (tertiary/aromatic N) is 5. The van der Waals surface area contributed by atoms with Gasteiger partial charge < -0.3 is 19.3 Å². The number of hydrogen-bond donors (Lipinski definition) is 0. The summed E-state index contributed by atoms with van der Waals surface area (Å²) in [5.74, 6) is 2.61. The maximum absolute atomic E-state index is 9.14. The topological polar surface area (TPSA) is 74.5 Å². The Hall–Kier alpha value is -3.01. The molecule has 0 atom stereocenters. The highest BCUT2D eigenvalue weighted by atomic mass is 16.5. The van der Waals surface area contributed by atoms with Crippen LogP contribution in [0.15, 0.2) is 30.6 Å². The van der Waals surface area contributed by atoms with Crippen LogP contribution in [0.1, 0.15) is 24.1 Å². The minimum Gasteiger partial charge on any atom is -0.497 e. The molecule has 4 rings (SSSR count).